The van der Waals surface area contributed by atoms with E-state index >= 15 is 0 Å². The summed E-state index contributed by atoms with van der Waals surface area (Å²) < 4.78 is 15.8. The molecule has 1 atom stereocenters. The van der Waals surface area contributed by atoms with Crippen molar-refractivity contribution in [3.63, 3.8) is 0 Å². The summed E-state index contributed by atoms with van der Waals surface area (Å²) in [5.41, 5.74) is 0.192. The molecular formula is C24H26FN3O2S. The summed E-state index contributed by atoms with van der Waals surface area (Å²) >= 11 is 1.58. The molecule has 1 aliphatic carbocycles. The number of halogens is 1. The predicted molar refractivity (Wildman–Crippen MR) is 120 cm³/mol. The second-order valence-electron chi connectivity index (χ2n) is 8.90. The monoisotopic (exact) mass is 439 g/mol. The van der Waals surface area contributed by atoms with Gasteiger partial charge in [0.15, 0.2) is 0 Å². The van der Waals surface area contributed by atoms with E-state index in [1.807, 2.05) is 29.0 Å². The maximum absolute atomic E-state index is 13.8. The van der Waals surface area contributed by atoms with Gasteiger partial charge in [0.05, 0.1) is 6.54 Å². The molecule has 7 heteroatoms. The van der Waals surface area contributed by atoms with Crippen LogP contribution in [0.2, 0.25) is 0 Å². The molecule has 31 heavy (non-hydrogen) atoms. The molecule has 1 aromatic carbocycles. The highest BCUT2D eigenvalue weighted by atomic mass is 32.1. The molecular weight excluding hydrogens is 413 g/mol. The van der Waals surface area contributed by atoms with Crippen LogP contribution < -0.4 is 5.32 Å². The maximum atomic E-state index is 13.8. The zero-order valence-corrected chi connectivity index (χ0v) is 18.4. The molecule has 1 aliphatic heterocycles. The SMILES string of the molecule is C[C@@]1(C(=O)NC2CCCCC2)Cn2c(cc3ccsc32)C(=O)N1Cc1cccc(F)c1. The van der Waals surface area contributed by atoms with Gasteiger partial charge in [-0.3, -0.25) is 9.59 Å². The van der Waals surface area contributed by atoms with Gasteiger partial charge in [0, 0.05) is 18.0 Å². The Labute approximate surface area is 184 Å². The standard InChI is InChI=1S/C24H26FN3O2S/c1-24(23(30)26-19-8-3-2-4-9-19)15-27-20(13-17-10-11-31-22(17)27)21(29)28(24)14-16-6-5-7-18(25)12-16/h5-7,10-13,19H,2-4,8-9,14-15H2,1H3,(H,26,30)/t24-/m0/s1. The fraction of sp³-hybridized carbons (Fsp3) is 0.417. The van der Waals surface area contributed by atoms with Gasteiger partial charge >= 0.3 is 0 Å². The third kappa shape index (κ3) is 3.55. The number of amides is 2. The van der Waals surface area contributed by atoms with Gasteiger partial charge in [0.25, 0.3) is 5.91 Å². The van der Waals surface area contributed by atoms with Crippen LogP contribution in [0.3, 0.4) is 0 Å². The van der Waals surface area contributed by atoms with Crippen LogP contribution in [0.25, 0.3) is 10.2 Å². The minimum absolute atomic E-state index is 0.131. The normalized spacial score (nSPS) is 22.0. The average Bonchev–Trinajstić information content (AvgIpc) is 3.34. The number of aromatic nitrogens is 1. The smallest absolute Gasteiger partial charge is 0.271 e. The molecule has 1 fully saturated rings. The lowest BCUT2D eigenvalue weighted by Crippen LogP contribution is -2.64. The van der Waals surface area contributed by atoms with E-state index in [0.29, 0.717) is 17.8 Å². The van der Waals surface area contributed by atoms with E-state index < -0.39 is 5.54 Å². The molecule has 0 saturated heterocycles. The van der Waals surface area contributed by atoms with Crippen LogP contribution in [0.4, 0.5) is 4.39 Å². The second kappa shape index (κ2) is 7.79. The summed E-state index contributed by atoms with van der Waals surface area (Å²) in [4.78, 5) is 29.9. The number of carbonyl (C=O) groups excluding carboxylic acids is 2. The predicted octanol–water partition coefficient (Wildman–Crippen LogP) is 4.71. The third-order valence-corrected chi connectivity index (χ3v) is 7.64. The summed E-state index contributed by atoms with van der Waals surface area (Å²) in [7, 11) is 0. The summed E-state index contributed by atoms with van der Waals surface area (Å²) in [5.74, 6) is -0.673. The van der Waals surface area contributed by atoms with Gasteiger partial charge in [-0.2, -0.15) is 0 Å². The minimum atomic E-state index is -1.07. The van der Waals surface area contributed by atoms with E-state index in [2.05, 4.69) is 5.32 Å². The summed E-state index contributed by atoms with van der Waals surface area (Å²) in [6.07, 6.45) is 5.39. The van der Waals surface area contributed by atoms with Crippen LogP contribution in [-0.4, -0.2) is 32.9 Å². The first-order chi connectivity index (χ1) is 15.0. The highest BCUT2D eigenvalue weighted by molar-refractivity contribution is 7.16. The van der Waals surface area contributed by atoms with E-state index in [1.54, 1.807) is 28.4 Å². The maximum Gasteiger partial charge on any atom is 0.271 e. The summed E-state index contributed by atoms with van der Waals surface area (Å²) in [6, 6.07) is 10.3. The number of rotatable bonds is 4. The Morgan fingerprint density at radius 1 is 1.23 bits per heavy atom. The summed E-state index contributed by atoms with van der Waals surface area (Å²) in [6.45, 7) is 2.40. The van der Waals surface area contributed by atoms with Gasteiger partial charge in [-0.25, -0.2) is 4.39 Å². The van der Waals surface area contributed by atoms with Crippen LogP contribution in [0.15, 0.2) is 41.8 Å². The zero-order valence-electron chi connectivity index (χ0n) is 17.6. The zero-order chi connectivity index (χ0) is 21.6. The van der Waals surface area contributed by atoms with Crippen molar-refractivity contribution in [3.8, 4) is 0 Å². The number of fused-ring (bicyclic) bond motifs is 3. The van der Waals surface area contributed by atoms with Crippen LogP contribution in [-0.2, 0) is 17.9 Å². The quantitative estimate of drug-likeness (QED) is 0.640. The molecule has 1 saturated carbocycles. The first-order valence-corrected chi connectivity index (χ1v) is 11.8. The van der Waals surface area contributed by atoms with Crippen molar-refractivity contribution in [2.24, 2.45) is 0 Å². The van der Waals surface area contributed by atoms with E-state index in [9.17, 15) is 14.0 Å². The molecule has 162 valence electrons. The molecule has 2 aliphatic rings. The minimum Gasteiger partial charge on any atom is -0.351 e. The number of hydrogen-bond acceptors (Lipinski definition) is 3. The van der Waals surface area contributed by atoms with E-state index in [1.165, 1.54) is 18.6 Å². The number of thiophene rings is 1. The average molecular weight is 440 g/mol. The number of benzene rings is 1. The Bertz CT molecular complexity index is 1150. The molecule has 3 aromatic rings. The largest absolute Gasteiger partial charge is 0.351 e. The molecule has 2 aromatic heterocycles. The van der Waals surface area contributed by atoms with Crippen molar-refractivity contribution in [1.82, 2.24) is 14.8 Å². The molecule has 1 N–H and O–H groups in total. The van der Waals surface area contributed by atoms with Gasteiger partial charge < -0.3 is 14.8 Å². The van der Waals surface area contributed by atoms with Crippen LogP contribution in [0.1, 0.15) is 55.1 Å². The second-order valence-corrected chi connectivity index (χ2v) is 9.79. The van der Waals surface area contributed by atoms with Crippen molar-refractivity contribution < 1.29 is 14.0 Å². The fourth-order valence-corrected chi connectivity index (χ4v) is 5.81. The molecule has 5 rings (SSSR count). The topological polar surface area (TPSA) is 54.3 Å². The van der Waals surface area contributed by atoms with Gasteiger partial charge in [-0.15, -0.1) is 11.3 Å². The first kappa shape index (κ1) is 20.2. The first-order valence-electron chi connectivity index (χ1n) is 10.9. The van der Waals surface area contributed by atoms with Gasteiger partial charge in [-0.05, 0) is 55.0 Å². The molecule has 0 spiro atoms. The van der Waals surface area contributed by atoms with Gasteiger partial charge in [-0.1, -0.05) is 31.4 Å². The molecule has 5 nitrogen and oxygen atoms in total. The Kier molecular flexibility index (Phi) is 5.08. The molecule has 0 radical (unpaired) electrons. The van der Waals surface area contributed by atoms with Crippen LogP contribution in [0.5, 0.6) is 0 Å². The van der Waals surface area contributed by atoms with Crippen LogP contribution >= 0.6 is 11.3 Å². The third-order valence-electron chi connectivity index (χ3n) is 6.69. The van der Waals surface area contributed by atoms with Crippen molar-refractivity contribution in [1.29, 1.82) is 0 Å². The van der Waals surface area contributed by atoms with Crippen molar-refractivity contribution in [2.75, 3.05) is 0 Å². The number of nitrogens with one attached hydrogen (secondary N) is 1. The number of nitrogens with zero attached hydrogens (tertiary/aromatic N) is 2. The van der Waals surface area contributed by atoms with E-state index in [4.69, 9.17) is 0 Å². The summed E-state index contributed by atoms with van der Waals surface area (Å²) in [5, 5.41) is 6.24. The van der Waals surface area contributed by atoms with Crippen molar-refractivity contribution in [2.45, 2.75) is 63.7 Å². The lowest BCUT2D eigenvalue weighted by atomic mass is 9.91. The molecule has 0 bridgehead atoms. The van der Waals surface area contributed by atoms with Crippen LogP contribution in [0, 0.1) is 5.82 Å². The highest BCUT2D eigenvalue weighted by Gasteiger charge is 2.48. The Balaban J connectivity index is 1.53. The Morgan fingerprint density at radius 2 is 2.03 bits per heavy atom. The molecule has 0 unspecified atom stereocenters. The fourth-order valence-electron chi connectivity index (χ4n) is 4.91. The number of hydrogen-bond donors (Lipinski definition) is 1. The van der Waals surface area contributed by atoms with E-state index in [-0.39, 0.29) is 30.2 Å². The highest BCUT2D eigenvalue weighted by Crippen LogP contribution is 2.35. The lowest BCUT2D eigenvalue weighted by molar-refractivity contribution is -0.134. The lowest BCUT2D eigenvalue weighted by Gasteiger charge is -2.44. The van der Waals surface area contributed by atoms with Gasteiger partial charge in [0.2, 0.25) is 5.91 Å². The molecule has 2 amide bonds. The van der Waals surface area contributed by atoms with Crippen molar-refractivity contribution >= 4 is 33.4 Å². The van der Waals surface area contributed by atoms with E-state index in [0.717, 1.165) is 35.9 Å². The van der Waals surface area contributed by atoms with Crippen molar-refractivity contribution in [3.05, 3.63) is 58.9 Å². The van der Waals surface area contributed by atoms with Gasteiger partial charge in [0.1, 0.15) is 21.9 Å². The Hall–Kier alpha value is -2.67. The molecule has 3 heterocycles. The Morgan fingerprint density at radius 3 is 2.81 bits per heavy atom. The number of carbonyl (C=O) groups is 2.